The van der Waals surface area contributed by atoms with Crippen LogP contribution in [0.1, 0.15) is 25.0 Å². The zero-order chi connectivity index (χ0) is 14.4. The van der Waals surface area contributed by atoms with Crippen molar-refractivity contribution in [1.82, 2.24) is 4.98 Å². The molecule has 0 saturated carbocycles. The maximum absolute atomic E-state index is 5.83. The van der Waals surface area contributed by atoms with Crippen LogP contribution in [0.3, 0.4) is 0 Å². The summed E-state index contributed by atoms with van der Waals surface area (Å²) in [5.74, 6) is 0. The Morgan fingerprint density at radius 2 is 1.70 bits per heavy atom. The maximum Gasteiger partial charge on any atom is 0.0430 e. The van der Waals surface area contributed by atoms with Crippen molar-refractivity contribution in [3.05, 3.63) is 59.9 Å². The lowest BCUT2D eigenvalue weighted by molar-refractivity contribution is 0.737. The minimum atomic E-state index is 0.208. The first-order chi connectivity index (χ1) is 9.69. The van der Waals surface area contributed by atoms with Crippen LogP contribution in [-0.2, 0) is 13.0 Å². The molecule has 0 aliphatic carbocycles. The smallest absolute Gasteiger partial charge is 0.0430 e. The van der Waals surface area contributed by atoms with Gasteiger partial charge in [-0.1, -0.05) is 12.1 Å². The predicted octanol–water partition coefficient (Wildman–Crippen LogP) is 3.00. The molecule has 0 spiro atoms. The summed E-state index contributed by atoms with van der Waals surface area (Å²) in [6.45, 7) is 6.10. The van der Waals surface area contributed by atoms with Crippen molar-refractivity contribution >= 4 is 5.69 Å². The van der Waals surface area contributed by atoms with Gasteiger partial charge in [0.1, 0.15) is 0 Å². The highest BCUT2D eigenvalue weighted by Crippen LogP contribution is 2.18. The number of anilines is 1. The lowest BCUT2D eigenvalue weighted by atomic mass is 10.1. The molecule has 1 unspecified atom stereocenters. The second kappa shape index (κ2) is 7.06. The molecular formula is C17H23N3. The summed E-state index contributed by atoms with van der Waals surface area (Å²) in [4.78, 5) is 6.41. The highest BCUT2D eigenvalue weighted by Gasteiger charge is 2.06. The molecule has 2 aromatic rings. The summed E-state index contributed by atoms with van der Waals surface area (Å²) >= 11 is 0. The van der Waals surface area contributed by atoms with E-state index in [9.17, 15) is 0 Å². The van der Waals surface area contributed by atoms with E-state index in [-0.39, 0.29) is 6.04 Å². The molecule has 20 heavy (non-hydrogen) atoms. The molecule has 106 valence electrons. The Morgan fingerprint density at radius 1 is 1.05 bits per heavy atom. The van der Waals surface area contributed by atoms with Gasteiger partial charge in [-0.2, -0.15) is 0 Å². The van der Waals surface area contributed by atoms with E-state index in [2.05, 4.69) is 53.2 Å². The highest BCUT2D eigenvalue weighted by atomic mass is 15.1. The molecule has 2 rings (SSSR count). The van der Waals surface area contributed by atoms with Crippen molar-refractivity contribution < 1.29 is 0 Å². The zero-order valence-corrected chi connectivity index (χ0v) is 12.3. The van der Waals surface area contributed by atoms with Crippen molar-refractivity contribution in [2.75, 3.05) is 11.4 Å². The van der Waals surface area contributed by atoms with Crippen LogP contribution in [0.25, 0.3) is 0 Å². The van der Waals surface area contributed by atoms with Crippen LogP contribution in [0.15, 0.2) is 48.8 Å². The SMILES string of the molecule is CCN(Cc1ccncc1)c1ccc(CC(C)N)cc1. The Labute approximate surface area is 121 Å². The van der Waals surface area contributed by atoms with Crippen molar-refractivity contribution in [2.45, 2.75) is 32.9 Å². The monoisotopic (exact) mass is 269 g/mol. The van der Waals surface area contributed by atoms with E-state index in [1.807, 2.05) is 19.3 Å². The molecule has 1 aromatic carbocycles. The third kappa shape index (κ3) is 4.07. The van der Waals surface area contributed by atoms with Gasteiger partial charge in [0.05, 0.1) is 0 Å². The predicted molar refractivity (Wildman–Crippen MR) is 84.8 cm³/mol. The third-order valence-electron chi connectivity index (χ3n) is 3.36. The molecular weight excluding hydrogens is 246 g/mol. The van der Waals surface area contributed by atoms with Crippen LogP contribution >= 0.6 is 0 Å². The molecule has 2 N–H and O–H groups in total. The van der Waals surface area contributed by atoms with Gasteiger partial charge in [0, 0.05) is 37.2 Å². The van der Waals surface area contributed by atoms with E-state index >= 15 is 0 Å². The van der Waals surface area contributed by atoms with E-state index in [1.54, 1.807) is 0 Å². The van der Waals surface area contributed by atoms with Crippen LogP contribution < -0.4 is 10.6 Å². The summed E-state index contributed by atoms with van der Waals surface area (Å²) in [5.41, 5.74) is 9.66. The van der Waals surface area contributed by atoms with E-state index in [1.165, 1.54) is 16.8 Å². The Bertz CT molecular complexity index is 506. The fourth-order valence-corrected chi connectivity index (χ4v) is 2.31. The first-order valence-corrected chi connectivity index (χ1v) is 7.17. The average Bonchev–Trinajstić information content (AvgIpc) is 2.46. The fraction of sp³-hybridized carbons (Fsp3) is 0.353. The summed E-state index contributed by atoms with van der Waals surface area (Å²) in [5, 5.41) is 0. The molecule has 0 bridgehead atoms. The largest absolute Gasteiger partial charge is 0.367 e. The average molecular weight is 269 g/mol. The lowest BCUT2D eigenvalue weighted by Crippen LogP contribution is -2.22. The molecule has 0 aliphatic rings. The van der Waals surface area contributed by atoms with Crippen LogP contribution in [0, 0.1) is 0 Å². The van der Waals surface area contributed by atoms with E-state index < -0.39 is 0 Å². The number of rotatable bonds is 6. The molecule has 1 heterocycles. The van der Waals surface area contributed by atoms with Gasteiger partial charge in [-0.25, -0.2) is 0 Å². The molecule has 3 heteroatoms. The highest BCUT2D eigenvalue weighted by molar-refractivity contribution is 5.48. The molecule has 0 fully saturated rings. The maximum atomic E-state index is 5.83. The Hall–Kier alpha value is -1.87. The van der Waals surface area contributed by atoms with Crippen LogP contribution in [0.2, 0.25) is 0 Å². The zero-order valence-electron chi connectivity index (χ0n) is 12.3. The van der Waals surface area contributed by atoms with Crippen molar-refractivity contribution in [2.24, 2.45) is 5.73 Å². The van der Waals surface area contributed by atoms with E-state index in [0.29, 0.717) is 0 Å². The standard InChI is InChI=1S/C17H23N3/c1-3-20(13-16-8-10-19-11-9-16)17-6-4-15(5-7-17)12-14(2)18/h4-11,14H,3,12-13,18H2,1-2H3. The summed E-state index contributed by atoms with van der Waals surface area (Å²) in [6.07, 6.45) is 4.61. The number of hydrogen-bond acceptors (Lipinski definition) is 3. The third-order valence-corrected chi connectivity index (χ3v) is 3.36. The topological polar surface area (TPSA) is 42.2 Å². The van der Waals surface area contributed by atoms with Gasteiger partial charge >= 0.3 is 0 Å². The first kappa shape index (κ1) is 14.5. The lowest BCUT2D eigenvalue weighted by Gasteiger charge is -2.23. The molecule has 1 aromatic heterocycles. The van der Waals surface area contributed by atoms with Crippen molar-refractivity contribution in [1.29, 1.82) is 0 Å². The quantitative estimate of drug-likeness (QED) is 0.876. The number of nitrogens with two attached hydrogens (primary N) is 1. The van der Waals surface area contributed by atoms with Gasteiger partial charge in [0.25, 0.3) is 0 Å². The number of benzene rings is 1. The van der Waals surface area contributed by atoms with Gasteiger partial charge in [-0.15, -0.1) is 0 Å². The molecule has 3 nitrogen and oxygen atoms in total. The molecule has 0 amide bonds. The minimum Gasteiger partial charge on any atom is -0.367 e. The van der Waals surface area contributed by atoms with Crippen molar-refractivity contribution in [3.63, 3.8) is 0 Å². The van der Waals surface area contributed by atoms with E-state index in [0.717, 1.165) is 19.5 Å². The molecule has 0 radical (unpaired) electrons. The number of aromatic nitrogens is 1. The molecule has 0 saturated heterocycles. The van der Waals surface area contributed by atoms with E-state index in [4.69, 9.17) is 5.73 Å². The Morgan fingerprint density at radius 3 is 2.25 bits per heavy atom. The first-order valence-electron chi connectivity index (χ1n) is 7.17. The fourth-order valence-electron chi connectivity index (χ4n) is 2.31. The molecule has 0 aliphatic heterocycles. The Kier molecular flexibility index (Phi) is 5.13. The van der Waals surface area contributed by atoms with Crippen molar-refractivity contribution in [3.8, 4) is 0 Å². The number of hydrogen-bond donors (Lipinski definition) is 1. The minimum absolute atomic E-state index is 0.208. The number of pyridine rings is 1. The number of nitrogens with zero attached hydrogens (tertiary/aromatic N) is 2. The second-order valence-corrected chi connectivity index (χ2v) is 5.22. The Balaban J connectivity index is 2.07. The van der Waals surface area contributed by atoms with Gasteiger partial charge in [0.2, 0.25) is 0 Å². The summed E-state index contributed by atoms with van der Waals surface area (Å²) in [6, 6.07) is 13.0. The molecule has 1 atom stereocenters. The summed E-state index contributed by atoms with van der Waals surface area (Å²) in [7, 11) is 0. The van der Waals surface area contributed by atoms with Gasteiger partial charge in [-0.3, -0.25) is 4.98 Å². The van der Waals surface area contributed by atoms with Gasteiger partial charge in [-0.05, 0) is 55.7 Å². The normalized spacial score (nSPS) is 12.2. The van der Waals surface area contributed by atoms with Crippen LogP contribution in [0.4, 0.5) is 5.69 Å². The van der Waals surface area contributed by atoms with Crippen LogP contribution in [-0.4, -0.2) is 17.6 Å². The van der Waals surface area contributed by atoms with Gasteiger partial charge < -0.3 is 10.6 Å². The van der Waals surface area contributed by atoms with Crippen LogP contribution in [0.5, 0.6) is 0 Å². The second-order valence-electron chi connectivity index (χ2n) is 5.22. The summed E-state index contributed by atoms with van der Waals surface area (Å²) < 4.78 is 0. The van der Waals surface area contributed by atoms with Gasteiger partial charge in [0.15, 0.2) is 0 Å².